The minimum absolute atomic E-state index is 0.0903. The normalized spacial score (nSPS) is 15.9. The first-order chi connectivity index (χ1) is 9.96. The van der Waals surface area contributed by atoms with Gasteiger partial charge in [-0.15, -0.1) is 0 Å². The first kappa shape index (κ1) is 16.0. The second-order valence-electron chi connectivity index (χ2n) is 5.38. The van der Waals surface area contributed by atoms with Crippen molar-refractivity contribution in [2.45, 2.75) is 44.5 Å². The zero-order valence-electron chi connectivity index (χ0n) is 11.8. The Morgan fingerprint density at radius 2 is 1.86 bits per heavy atom. The van der Waals surface area contributed by atoms with Gasteiger partial charge < -0.3 is 10.4 Å². The summed E-state index contributed by atoms with van der Waals surface area (Å²) in [4.78, 5) is 0. The molecule has 116 valence electrons. The van der Waals surface area contributed by atoms with Crippen LogP contribution in [-0.4, -0.2) is 23.9 Å². The minimum atomic E-state index is -4.17. The van der Waals surface area contributed by atoms with E-state index >= 15 is 0 Å². The lowest BCUT2D eigenvalue weighted by molar-refractivity contribution is -0.134. The fraction of sp³-hybridized carbons (Fsp3) is 0.500. The van der Waals surface area contributed by atoms with E-state index in [2.05, 4.69) is 5.32 Å². The summed E-state index contributed by atoms with van der Waals surface area (Å²) < 4.78 is 37.0. The number of aliphatic hydroxyl groups excluding tert-OH is 1. The molecule has 1 fully saturated rings. The van der Waals surface area contributed by atoms with Crippen molar-refractivity contribution in [1.29, 1.82) is 0 Å². The molecule has 1 aromatic rings. The van der Waals surface area contributed by atoms with Crippen LogP contribution in [0, 0.1) is 0 Å². The Kier molecular flexibility index (Phi) is 5.42. The van der Waals surface area contributed by atoms with Gasteiger partial charge >= 0.3 is 6.18 Å². The van der Waals surface area contributed by atoms with Crippen molar-refractivity contribution in [3.63, 3.8) is 0 Å². The van der Waals surface area contributed by atoms with Crippen LogP contribution >= 0.6 is 0 Å². The molecule has 1 aliphatic rings. The van der Waals surface area contributed by atoms with Crippen LogP contribution in [0.3, 0.4) is 0 Å². The lowest BCUT2D eigenvalue weighted by Crippen LogP contribution is -2.28. The summed E-state index contributed by atoms with van der Waals surface area (Å²) in [5, 5.41) is 13.2. The summed E-state index contributed by atoms with van der Waals surface area (Å²) in [5.74, 6) is 0. The van der Waals surface area contributed by atoms with E-state index < -0.39 is 18.7 Å². The maximum absolute atomic E-state index is 12.3. The number of hydrogen-bond acceptors (Lipinski definition) is 2. The number of allylic oxidation sites excluding steroid dienone is 1. The molecular formula is C16H20F3NO. The molecule has 21 heavy (non-hydrogen) atoms. The Morgan fingerprint density at radius 1 is 1.19 bits per heavy atom. The highest BCUT2D eigenvalue weighted by Crippen LogP contribution is 2.36. The van der Waals surface area contributed by atoms with E-state index in [0.29, 0.717) is 12.1 Å². The number of rotatable bonds is 7. The van der Waals surface area contributed by atoms with Crippen LogP contribution < -0.4 is 5.32 Å². The van der Waals surface area contributed by atoms with Crippen molar-refractivity contribution in [2.75, 3.05) is 6.54 Å². The van der Waals surface area contributed by atoms with Crippen molar-refractivity contribution in [3.05, 3.63) is 47.0 Å². The van der Waals surface area contributed by atoms with Gasteiger partial charge in [0.05, 0.1) is 6.10 Å². The Labute approximate surface area is 122 Å². The van der Waals surface area contributed by atoms with Crippen LogP contribution in [0.15, 0.2) is 41.5 Å². The molecule has 0 heterocycles. The van der Waals surface area contributed by atoms with E-state index in [0.717, 1.165) is 24.0 Å². The standard InChI is InChI=1S/C16H20F3NO/c17-16(18,19)9-8-14(13-6-7-13)15(21)11-20-10-12-4-2-1-3-5-12/h1-5,15,20-21H,6-11H2. The highest BCUT2D eigenvalue weighted by atomic mass is 19.4. The Bertz CT molecular complexity index is 476. The predicted molar refractivity (Wildman–Crippen MR) is 75.7 cm³/mol. The van der Waals surface area contributed by atoms with E-state index in [1.54, 1.807) is 0 Å². The molecular weight excluding hydrogens is 279 g/mol. The van der Waals surface area contributed by atoms with E-state index in [9.17, 15) is 18.3 Å². The molecule has 0 saturated heterocycles. The Balaban J connectivity index is 1.80. The second-order valence-corrected chi connectivity index (χ2v) is 5.38. The van der Waals surface area contributed by atoms with Crippen molar-refractivity contribution >= 4 is 0 Å². The van der Waals surface area contributed by atoms with Crippen LogP contribution in [0.5, 0.6) is 0 Å². The van der Waals surface area contributed by atoms with Crippen molar-refractivity contribution < 1.29 is 18.3 Å². The molecule has 2 rings (SSSR count). The van der Waals surface area contributed by atoms with Gasteiger partial charge in [-0.3, -0.25) is 0 Å². The summed E-state index contributed by atoms with van der Waals surface area (Å²) in [6.07, 6.45) is -4.30. The molecule has 1 aliphatic carbocycles. The van der Waals surface area contributed by atoms with Crippen LogP contribution in [0.4, 0.5) is 13.2 Å². The van der Waals surface area contributed by atoms with Crippen molar-refractivity contribution in [1.82, 2.24) is 5.32 Å². The molecule has 0 spiro atoms. The smallest absolute Gasteiger partial charge is 0.387 e. The average Bonchev–Trinajstić information content (AvgIpc) is 3.23. The molecule has 0 bridgehead atoms. The summed E-state index contributed by atoms with van der Waals surface area (Å²) in [6, 6.07) is 9.69. The molecule has 1 saturated carbocycles. The number of halogens is 3. The lowest BCUT2D eigenvalue weighted by atomic mass is 10.0. The van der Waals surface area contributed by atoms with Gasteiger partial charge in [-0.25, -0.2) is 0 Å². The van der Waals surface area contributed by atoms with Gasteiger partial charge in [-0.2, -0.15) is 13.2 Å². The molecule has 2 nitrogen and oxygen atoms in total. The third-order valence-electron chi connectivity index (χ3n) is 3.54. The summed E-state index contributed by atoms with van der Waals surface area (Å²) >= 11 is 0. The van der Waals surface area contributed by atoms with Gasteiger partial charge in [0.1, 0.15) is 0 Å². The lowest BCUT2D eigenvalue weighted by Gasteiger charge is -2.17. The molecule has 1 aromatic carbocycles. The molecule has 1 unspecified atom stereocenters. The van der Waals surface area contributed by atoms with E-state index in [1.807, 2.05) is 30.3 Å². The van der Waals surface area contributed by atoms with E-state index in [4.69, 9.17) is 0 Å². The third kappa shape index (κ3) is 5.89. The fourth-order valence-corrected chi connectivity index (χ4v) is 2.31. The van der Waals surface area contributed by atoms with Crippen LogP contribution in [0.1, 0.15) is 31.2 Å². The monoisotopic (exact) mass is 299 g/mol. The predicted octanol–water partition coefficient (Wildman–Crippen LogP) is 3.57. The van der Waals surface area contributed by atoms with E-state index in [-0.39, 0.29) is 13.0 Å². The molecule has 0 aliphatic heterocycles. The molecule has 0 radical (unpaired) electrons. The second kappa shape index (κ2) is 7.09. The van der Waals surface area contributed by atoms with Gasteiger partial charge in [0, 0.05) is 19.5 Å². The SMILES string of the molecule is OC(CNCc1ccccc1)C(CCC(F)(F)F)=C1CC1. The molecule has 0 aromatic heterocycles. The molecule has 2 N–H and O–H groups in total. The maximum Gasteiger partial charge on any atom is 0.389 e. The first-order valence-corrected chi connectivity index (χ1v) is 7.16. The summed E-state index contributed by atoms with van der Waals surface area (Å²) in [7, 11) is 0. The Morgan fingerprint density at radius 3 is 2.43 bits per heavy atom. The highest BCUT2D eigenvalue weighted by Gasteiger charge is 2.30. The third-order valence-corrected chi connectivity index (χ3v) is 3.54. The molecule has 1 atom stereocenters. The maximum atomic E-state index is 12.3. The highest BCUT2D eigenvalue weighted by molar-refractivity contribution is 5.28. The fourth-order valence-electron chi connectivity index (χ4n) is 2.31. The van der Waals surface area contributed by atoms with Gasteiger partial charge in [0.2, 0.25) is 0 Å². The van der Waals surface area contributed by atoms with Gasteiger partial charge in [0.25, 0.3) is 0 Å². The van der Waals surface area contributed by atoms with Gasteiger partial charge in [0.15, 0.2) is 0 Å². The van der Waals surface area contributed by atoms with Crippen LogP contribution in [0.2, 0.25) is 0 Å². The van der Waals surface area contributed by atoms with E-state index in [1.165, 1.54) is 0 Å². The summed E-state index contributed by atoms with van der Waals surface area (Å²) in [6.45, 7) is 0.880. The van der Waals surface area contributed by atoms with Gasteiger partial charge in [-0.05, 0) is 30.4 Å². The van der Waals surface area contributed by atoms with Crippen LogP contribution in [0.25, 0.3) is 0 Å². The average molecular weight is 299 g/mol. The zero-order chi connectivity index (χ0) is 15.3. The largest absolute Gasteiger partial charge is 0.389 e. The molecule has 0 amide bonds. The minimum Gasteiger partial charge on any atom is -0.387 e. The number of alkyl halides is 3. The first-order valence-electron chi connectivity index (χ1n) is 7.16. The Hall–Kier alpha value is -1.33. The number of nitrogens with one attached hydrogen (secondary N) is 1. The topological polar surface area (TPSA) is 32.3 Å². The quantitative estimate of drug-likeness (QED) is 0.754. The number of aliphatic hydroxyl groups is 1. The number of hydrogen-bond donors (Lipinski definition) is 2. The zero-order valence-corrected chi connectivity index (χ0v) is 11.8. The van der Waals surface area contributed by atoms with Crippen molar-refractivity contribution in [2.24, 2.45) is 0 Å². The molecule has 5 heteroatoms. The summed E-state index contributed by atoms with van der Waals surface area (Å²) in [5.41, 5.74) is 2.65. The van der Waals surface area contributed by atoms with Gasteiger partial charge in [-0.1, -0.05) is 35.9 Å². The number of benzene rings is 1. The van der Waals surface area contributed by atoms with Crippen molar-refractivity contribution in [3.8, 4) is 0 Å². The van der Waals surface area contributed by atoms with Crippen LogP contribution in [-0.2, 0) is 6.54 Å².